The van der Waals surface area contributed by atoms with E-state index >= 15 is 0 Å². The van der Waals surface area contributed by atoms with E-state index in [4.69, 9.17) is 23.2 Å². The molecule has 0 bridgehead atoms. The van der Waals surface area contributed by atoms with Gasteiger partial charge in [-0.3, -0.25) is 0 Å². The Bertz CT molecular complexity index is 651. The summed E-state index contributed by atoms with van der Waals surface area (Å²) < 4.78 is 0. The van der Waals surface area contributed by atoms with Gasteiger partial charge in [-0.25, -0.2) is 0 Å². The molecule has 112 valence electrons. The van der Waals surface area contributed by atoms with Crippen molar-refractivity contribution < 1.29 is 0 Å². The Morgan fingerprint density at radius 1 is 0.952 bits per heavy atom. The lowest BCUT2D eigenvalue weighted by molar-refractivity contribution is 0.681. The van der Waals surface area contributed by atoms with E-state index in [9.17, 15) is 0 Å². The van der Waals surface area contributed by atoms with E-state index in [0.29, 0.717) is 10.0 Å². The van der Waals surface area contributed by atoms with Crippen LogP contribution in [0.4, 0.5) is 0 Å². The topological polar surface area (TPSA) is 12.0 Å². The maximum Gasteiger partial charge on any atom is 0.0643 e. The van der Waals surface area contributed by atoms with Gasteiger partial charge in [0.05, 0.1) is 16.1 Å². The lowest BCUT2D eigenvalue weighted by atomic mass is 9.87. The normalized spacial score (nSPS) is 12.5. The van der Waals surface area contributed by atoms with Crippen molar-refractivity contribution >= 4 is 23.2 Å². The van der Waals surface area contributed by atoms with Crippen molar-refractivity contribution in [2.24, 2.45) is 0 Å². The molecule has 0 aliphatic heterocycles. The summed E-state index contributed by atoms with van der Waals surface area (Å²) in [7, 11) is 1.96. The minimum atomic E-state index is 0.0369. The van der Waals surface area contributed by atoms with Crippen LogP contribution < -0.4 is 5.32 Å². The van der Waals surface area contributed by atoms with Crippen molar-refractivity contribution in [3.05, 3.63) is 67.7 Å². The van der Waals surface area contributed by atoms with Gasteiger partial charge in [-0.05, 0) is 74.2 Å². The molecule has 1 atom stereocenters. The maximum atomic E-state index is 6.43. The molecule has 0 amide bonds. The van der Waals surface area contributed by atoms with E-state index in [-0.39, 0.29) is 6.04 Å². The summed E-state index contributed by atoms with van der Waals surface area (Å²) in [6, 6.07) is 8.07. The lowest BCUT2D eigenvalue weighted by Gasteiger charge is -2.25. The zero-order chi connectivity index (χ0) is 15.7. The van der Waals surface area contributed by atoms with E-state index < -0.39 is 0 Å². The highest BCUT2D eigenvalue weighted by Gasteiger charge is 2.21. The Hall–Kier alpha value is -1.02. The summed E-state index contributed by atoms with van der Waals surface area (Å²) in [6.45, 7) is 8.63. The number of hydrogen-bond donors (Lipinski definition) is 1. The Labute approximate surface area is 137 Å². The Balaban J connectivity index is 2.71. The first-order valence-corrected chi connectivity index (χ1v) is 7.82. The van der Waals surface area contributed by atoms with Crippen LogP contribution in [0.5, 0.6) is 0 Å². The van der Waals surface area contributed by atoms with Gasteiger partial charge >= 0.3 is 0 Å². The third kappa shape index (κ3) is 2.96. The lowest BCUT2D eigenvalue weighted by Crippen LogP contribution is -2.21. The standard InChI is InChI=1S/C18H21Cl2N/c1-10-9-11(2)13(4)16(12(10)3)18(21-5)14-7-6-8-15(19)17(14)20/h6-9,18,21H,1-5H3. The van der Waals surface area contributed by atoms with Crippen LogP contribution in [0.1, 0.15) is 39.4 Å². The molecule has 2 rings (SSSR count). The molecule has 1 N–H and O–H groups in total. The number of rotatable bonds is 3. The van der Waals surface area contributed by atoms with Gasteiger partial charge in [0.25, 0.3) is 0 Å². The van der Waals surface area contributed by atoms with Crippen molar-refractivity contribution in [3.8, 4) is 0 Å². The van der Waals surface area contributed by atoms with E-state index in [1.54, 1.807) is 0 Å². The minimum absolute atomic E-state index is 0.0369. The molecule has 0 aliphatic rings. The summed E-state index contributed by atoms with van der Waals surface area (Å²) in [5, 5.41) is 4.61. The molecule has 0 saturated carbocycles. The Morgan fingerprint density at radius 2 is 1.52 bits per heavy atom. The summed E-state index contributed by atoms with van der Waals surface area (Å²) in [5.74, 6) is 0. The first-order chi connectivity index (χ1) is 9.88. The molecule has 3 heteroatoms. The molecule has 0 spiro atoms. The van der Waals surface area contributed by atoms with Crippen LogP contribution in [0.2, 0.25) is 10.0 Å². The molecule has 0 aromatic heterocycles. The Morgan fingerprint density at radius 3 is 2.05 bits per heavy atom. The number of nitrogens with one attached hydrogen (secondary N) is 1. The van der Waals surface area contributed by atoms with Crippen molar-refractivity contribution in [2.45, 2.75) is 33.7 Å². The summed E-state index contributed by atoms with van der Waals surface area (Å²) in [5.41, 5.74) is 7.50. The van der Waals surface area contributed by atoms with Gasteiger partial charge in [0.15, 0.2) is 0 Å². The third-order valence-corrected chi connectivity index (χ3v) is 5.13. The summed E-state index contributed by atoms with van der Waals surface area (Å²) in [6.07, 6.45) is 0. The molecular formula is C18H21Cl2N. The van der Waals surface area contributed by atoms with Crippen LogP contribution in [0.3, 0.4) is 0 Å². The van der Waals surface area contributed by atoms with Gasteiger partial charge in [-0.1, -0.05) is 41.4 Å². The molecule has 0 saturated heterocycles. The molecule has 1 nitrogen and oxygen atoms in total. The van der Waals surface area contributed by atoms with Crippen molar-refractivity contribution in [2.75, 3.05) is 7.05 Å². The van der Waals surface area contributed by atoms with Crippen LogP contribution in [0, 0.1) is 27.7 Å². The van der Waals surface area contributed by atoms with Gasteiger partial charge < -0.3 is 5.32 Å². The fourth-order valence-electron chi connectivity index (χ4n) is 2.88. The fourth-order valence-corrected chi connectivity index (χ4v) is 3.30. The highest BCUT2D eigenvalue weighted by Crippen LogP contribution is 2.36. The molecule has 21 heavy (non-hydrogen) atoms. The first kappa shape index (κ1) is 16.4. The average Bonchev–Trinajstić information content (AvgIpc) is 2.45. The average molecular weight is 322 g/mol. The molecule has 0 fully saturated rings. The quantitative estimate of drug-likeness (QED) is 0.783. The highest BCUT2D eigenvalue weighted by atomic mass is 35.5. The number of aryl methyl sites for hydroxylation is 2. The van der Waals surface area contributed by atoms with Crippen LogP contribution in [0.15, 0.2) is 24.3 Å². The zero-order valence-corrected chi connectivity index (χ0v) is 14.7. The molecular weight excluding hydrogens is 301 g/mol. The Kier molecular flexibility index (Phi) is 4.98. The molecule has 2 aromatic rings. The van der Waals surface area contributed by atoms with Gasteiger partial charge in [0.2, 0.25) is 0 Å². The molecule has 0 aliphatic carbocycles. The second kappa shape index (κ2) is 6.39. The fraction of sp³-hybridized carbons (Fsp3) is 0.333. The van der Waals surface area contributed by atoms with Gasteiger partial charge in [0, 0.05) is 0 Å². The van der Waals surface area contributed by atoms with Crippen LogP contribution in [-0.2, 0) is 0 Å². The highest BCUT2D eigenvalue weighted by molar-refractivity contribution is 6.42. The monoisotopic (exact) mass is 321 g/mol. The zero-order valence-electron chi connectivity index (χ0n) is 13.1. The molecule has 0 heterocycles. The van der Waals surface area contributed by atoms with Crippen molar-refractivity contribution in [1.82, 2.24) is 5.32 Å². The van der Waals surface area contributed by atoms with Gasteiger partial charge in [-0.15, -0.1) is 0 Å². The predicted octanol–water partition coefficient (Wildman–Crippen LogP) is 5.54. The maximum absolute atomic E-state index is 6.43. The summed E-state index contributed by atoms with van der Waals surface area (Å²) in [4.78, 5) is 0. The molecule has 0 radical (unpaired) electrons. The second-order valence-corrected chi connectivity index (χ2v) is 6.32. The van der Waals surface area contributed by atoms with Crippen LogP contribution in [0.25, 0.3) is 0 Å². The van der Waals surface area contributed by atoms with E-state index in [1.165, 1.54) is 27.8 Å². The van der Waals surface area contributed by atoms with Crippen LogP contribution >= 0.6 is 23.2 Å². The van der Waals surface area contributed by atoms with Gasteiger partial charge in [0.1, 0.15) is 0 Å². The third-order valence-electron chi connectivity index (χ3n) is 4.29. The van der Waals surface area contributed by atoms with Crippen molar-refractivity contribution in [3.63, 3.8) is 0 Å². The van der Waals surface area contributed by atoms with Crippen LogP contribution in [-0.4, -0.2) is 7.05 Å². The largest absolute Gasteiger partial charge is 0.309 e. The minimum Gasteiger partial charge on any atom is -0.309 e. The second-order valence-electron chi connectivity index (χ2n) is 5.54. The number of halogens is 2. The molecule has 2 aromatic carbocycles. The first-order valence-electron chi connectivity index (χ1n) is 7.07. The van der Waals surface area contributed by atoms with Crippen molar-refractivity contribution in [1.29, 1.82) is 0 Å². The van der Waals surface area contributed by atoms with E-state index in [0.717, 1.165) is 5.56 Å². The van der Waals surface area contributed by atoms with E-state index in [1.807, 2.05) is 25.2 Å². The number of hydrogen-bond acceptors (Lipinski definition) is 1. The van der Waals surface area contributed by atoms with E-state index in [2.05, 4.69) is 39.1 Å². The summed E-state index contributed by atoms with van der Waals surface area (Å²) >= 11 is 12.6. The SMILES string of the molecule is CNC(c1cccc(Cl)c1Cl)c1c(C)c(C)cc(C)c1C. The van der Waals surface area contributed by atoms with Gasteiger partial charge in [-0.2, -0.15) is 0 Å². The number of benzene rings is 2. The predicted molar refractivity (Wildman–Crippen MR) is 92.8 cm³/mol. The smallest absolute Gasteiger partial charge is 0.0643 e. The molecule has 1 unspecified atom stereocenters.